The van der Waals surface area contributed by atoms with Crippen molar-refractivity contribution in [2.24, 2.45) is 0 Å². The van der Waals surface area contributed by atoms with E-state index in [1.54, 1.807) is 0 Å². The second kappa shape index (κ2) is 4.95. The summed E-state index contributed by atoms with van der Waals surface area (Å²) in [5, 5.41) is 3.09. The monoisotopic (exact) mass is 227 g/mol. The predicted octanol–water partition coefficient (Wildman–Crippen LogP) is 3.19. The number of rotatable bonds is 3. The van der Waals surface area contributed by atoms with Gasteiger partial charge < -0.3 is 5.32 Å². The van der Waals surface area contributed by atoms with Crippen molar-refractivity contribution in [1.29, 1.82) is 0 Å². The van der Waals surface area contributed by atoms with Gasteiger partial charge in [-0.1, -0.05) is 23.8 Å². The van der Waals surface area contributed by atoms with Crippen molar-refractivity contribution in [3.8, 4) is 11.1 Å². The van der Waals surface area contributed by atoms with Crippen molar-refractivity contribution >= 4 is 5.95 Å². The highest BCUT2D eigenvalue weighted by molar-refractivity contribution is 5.66. The van der Waals surface area contributed by atoms with Crippen LogP contribution in [0.4, 0.5) is 5.95 Å². The van der Waals surface area contributed by atoms with Gasteiger partial charge >= 0.3 is 0 Å². The largest absolute Gasteiger partial charge is 0.355 e. The van der Waals surface area contributed by atoms with Crippen LogP contribution in [-0.2, 0) is 0 Å². The van der Waals surface area contributed by atoms with Crippen LogP contribution in [0.2, 0.25) is 0 Å². The molecular weight excluding hydrogens is 210 g/mol. The number of anilines is 1. The summed E-state index contributed by atoms with van der Waals surface area (Å²) < 4.78 is 0. The first-order chi connectivity index (χ1) is 8.20. The molecule has 2 rings (SSSR count). The van der Waals surface area contributed by atoms with Crippen LogP contribution in [0.15, 0.2) is 30.6 Å². The third-order valence-electron chi connectivity index (χ3n) is 2.68. The Morgan fingerprint density at radius 2 is 1.82 bits per heavy atom. The fourth-order valence-electron chi connectivity index (χ4n) is 1.85. The minimum absolute atomic E-state index is 0.681. The van der Waals surface area contributed by atoms with E-state index >= 15 is 0 Å². The van der Waals surface area contributed by atoms with E-state index < -0.39 is 0 Å². The van der Waals surface area contributed by atoms with Gasteiger partial charge in [0.1, 0.15) is 0 Å². The fourth-order valence-corrected chi connectivity index (χ4v) is 1.85. The van der Waals surface area contributed by atoms with Crippen molar-refractivity contribution < 1.29 is 0 Å². The summed E-state index contributed by atoms with van der Waals surface area (Å²) in [6.07, 6.45) is 3.73. The highest BCUT2D eigenvalue weighted by Gasteiger charge is 2.03. The van der Waals surface area contributed by atoms with Crippen LogP contribution < -0.4 is 5.32 Å². The van der Waals surface area contributed by atoms with Gasteiger partial charge in [0, 0.05) is 24.5 Å². The maximum atomic E-state index is 4.29. The van der Waals surface area contributed by atoms with Gasteiger partial charge in [0.05, 0.1) is 0 Å². The number of aromatic nitrogens is 2. The van der Waals surface area contributed by atoms with Crippen LogP contribution in [0.3, 0.4) is 0 Å². The molecule has 0 radical (unpaired) electrons. The lowest BCUT2D eigenvalue weighted by atomic mass is 10.0. The van der Waals surface area contributed by atoms with Gasteiger partial charge in [-0.25, -0.2) is 9.97 Å². The summed E-state index contributed by atoms with van der Waals surface area (Å²) in [5.74, 6) is 0.681. The fraction of sp³-hybridized carbons (Fsp3) is 0.286. The first kappa shape index (κ1) is 11.6. The normalized spacial score (nSPS) is 10.3. The molecule has 0 fully saturated rings. The zero-order chi connectivity index (χ0) is 12.3. The molecule has 0 aliphatic carbocycles. The topological polar surface area (TPSA) is 37.8 Å². The van der Waals surface area contributed by atoms with Crippen molar-refractivity contribution in [3.05, 3.63) is 41.7 Å². The minimum atomic E-state index is 0.681. The predicted molar refractivity (Wildman–Crippen MR) is 71.1 cm³/mol. The Bertz CT molecular complexity index is 503. The Kier molecular flexibility index (Phi) is 3.38. The van der Waals surface area contributed by atoms with Crippen molar-refractivity contribution in [1.82, 2.24) is 9.97 Å². The summed E-state index contributed by atoms with van der Waals surface area (Å²) in [7, 11) is 0. The molecular formula is C14H17N3. The molecule has 0 amide bonds. The quantitative estimate of drug-likeness (QED) is 0.875. The van der Waals surface area contributed by atoms with E-state index in [0.717, 1.165) is 12.1 Å². The average molecular weight is 227 g/mol. The molecule has 0 aliphatic rings. The average Bonchev–Trinajstić information content (AvgIpc) is 2.31. The van der Waals surface area contributed by atoms with Crippen LogP contribution in [0, 0.1) is 13.8 Å². The van der Waals surface area contributed by atoms with Crippen LogP contribution in [0.5, 0.6) is 0 Å². The third-order valence-corrected chi connectivity index (χ3v) is 2.68. The second-order valence-electron chi connectivity index (χ2n) is 4.14. The maximum Gasteiger partial charge on any atom is 0.222 e. The summed E-state index contributed by atoms with van der Waals surface area (Å²) in [6, 6.07) is 6.41. The third kappa shape index (κ3) is 2.61. The second-order valence-corrected chi connectivity index (χ2v) is 4.14. The van der Waals surface area contributed by atoms with E-state index in [1.807, 2.05) is 19.3 Å². The Morgan fingerprint density at radius 1 is 1.12 bits per heavy atom. The van der Waals surface area contributed by atoms with Crippen molar-refractivity contribution in [3.63, 3.8) is 0 Å². The highest BCUT2D eigenvalue weighted by Crippen LogP contribution is 2.23. The highest BCUT2D eigenvalue weighted by atomic mass is 15.1. The van der Waals surface area contributed by atoms with Gasteiger partial charge in [-0.15, -0.1) is 0 Å². The molecule has 88 valence electrons. The SMILES string of the molecule is CCNc1ncc(-c2ccc(C)cc2C)cn1. The van der Waals surface area contributed by atoms with E-state index in [1.165, 1.54) is 16.7 Å². The molecule has 2 aromatic rings. The molecule has 0 atom stereocenters. The molecule has 3 heteroatoms. The van der Waals surface area contributed by atoms with E-state index in [2.05, 4.69) is 47.3 Å². The molecule has 0 saturated carbocycles. The Labute approximate surface area is 102 Å². The Morgan fingerprint density at radius 3 is 2.41 bits per heavy atom. The van der Waals surface area contributed by atoms with Crippen molar-refractivity contribution in [2.45, 2.75) is 20.8 Å². The molecule has 1 N–H and O–H groups in total. The molecule has 0 unspecified atom stereocenters. The first-order valence-corrected chi connectivity index (χ1v) is 5.84. The molecule has 0 saturated heterocycles. The van der Waals surface area contributed by atoms with Crippen LogP contribution in [0.1, 0.15) is 18.1 Å². The summed E-state index contributed by atoms with van der Waals surface area (Å²) in [5.41, 5.74) is 4.78. The smallest absolute Gasteiger partial charge is 0.222 e. The Balaban J connectivity index is 2.33. The van der Waals surface area contributed by atoms with E-state index in [-0.39, 0.29) is 0 Å². The molecule has 17 heavy (non-hydrogen) atoms. The molecule has 3 nitrogen and oxygen atoms in total. The van der Waals surface area contributed by atoms with Gasteiger partial charge in [0.15, 0.2) is 0 Å². The summed E-state index contributed by atoms with van der Waals surface area (Å²) in [4.78, 5) is 8.57. The summed E-state index contributed by atoms with van der Waals surface area (Å²) >= 11 is 0. The van der Waals surface area contributed by atoms with E-state index in [4.69, 9.17) is 0 Å². The van der Waals surface area contributed by atoms with Crippen LogP contribution in [-0.4, -0.2) is 16.5 Å². The number of benzene rings is 1. The Hall–Kier alpha value is -1.90. The zero-order valence-electron chi connectivity index (χ0n) is 10.5. The van der Waals surface area contributed by atoms with Gasteiger partial charge in [-0.3, -0.25) is 0 Å². The standard InChI is InChI=1S/C14H17N3/c1-4-15-14-16-8-12(9-17-14)13-6-5-10(2)7-11(13)3/h5-9H,4H2,1-3H3,(H,15,16,17). The molecule has 0 bridgehead atoms. The lowest BCUT2D eigenvalue weighted by Gasteiger charge is -2.07. The maximum absolute atomic E-state index is 4.29. The van der Waals surface area contributed by atoms with E-state index in [0.29, 0.717) is 5.95 Å². The van der Waals surface area contributed by atoms with E-state index in [9.17, 15) is 0 Å². The van der Waals surface area contributed by atoms with Gasteiger partial charge in [-0.2, -0.15) is 0 Å². The molecule has 1 aromatic carbocycles. The molecule has 0 aliphatic heterocycles. The van der Waals surface area contributed by atoms with Crippen LogP contribution in [0.25, 0.3) is 11.1 Å². The lowest BCUT2D eigenvalue weighted by molar-refractivity contribution is 1.09. The number of nitrogens with zero attached hydrogens (tertiary/aromatic N) is 2. The first-order valence-electron chi connectivity index (χ1n) is 5.84. The molecule has 1 aromatic heterocycles. The number of hydrogen-bond acceptors (Lipinski definition) is 3. The van der Waals surface area contributed by atoms with Gasteiger partial charge in [0.25, 0.3) is 0 Å². The number of aryl methyl sites for hydroxylation is 2. The molecule has 1 heterocycles. The van der Waals surface area contributed by atoms with Crippen LogP contribution >= 0.6 is 0 Å². The van der Waals surface area contributed by atoms with Crippen molar-refractivity contribution in [2.75, 3.05) is 11.9 Å². The van der Waals surface area contributed by atoms with Gasteiger partial charge in [-0.05, 0) is 31.9 Å². The number of hydrogen-bond donors (Lipinski definition) is 1. The van der Waals surface area contributed by atoms with Gasteiger partial charge in [0.2, 0.25) is 5.95 Å². The molecule has 0 spiro atoms. The number of nitrogens with one attached hydrogen (secondary N) is 1. The minimum Gasteiger partial charge on any atom is -0.355 e. The zero-order valence-corrected chi connectivity index (χ0v) is 10.5. The summed E-state index contributed by atoms with van der Waals surface area (Å²) in [6.45, 7) is 7.08. The lowest BCUT2D eigenvalue weighted by Crippen LogP contribution is -2.01.